The van der Waals surface area contributed by atoms with E-state index in [0.717, 1.165) is 25.3 Å². The Morgan fingerprint density at radius 1 is 1.04 bits per heavy atom. The van der Waals surface area contributed by atoms with Gasteiger partial charge in [0.1, 0.15) is 0 Å². The number of hydrogen-bond donors (Lipinski definition) is 2. The molecule has 1 aliphatic heterocycles. The molecule has 1 amide bonds. The van der Waals surface area contributed by atoms with Crippen molar-refractivity contribution in [2.75, 3.05) is 31.5 Å². The summed E-state index contributed by atoms with van der Waals surface area (Å²) in [6.07, 6.45) is 0.508. The quantitative estimate of drug-likeness (QED) is 0.859. The molecule has 24 heavy (non-hydrogen) atoms. The molecule has 0 aliphatic carbocycles. The lowest BCUT2D eigenvalue weighted by Crippen LogP contribution is -2.27. The van der Waals surface area contributed by atoms with Crippen molar-refractivity contribution in [2.45, 2.75) is 12.3 Å². The summed E-state index contributed by atoms with van der Waals surface area (Å²) in [5.74, 6) is 0.992. The molecular formula is C20H25N3O. The molecule has 2 aromatic rings. The highest BCUT2D eigenvalue weighted by atomic mass is 16.1. The van der Waals surface area contributed by atoms with Crippen molar-refractivity contribution < 1.29 is 4.79 Å². The van der Waals surface area contributed by atoms with Crippen LogP contribution in [0.3, 0.4) is 0 Å². The van der Waals surface area contributed by atoms with Crippen LogP contribution in [0.25, 0.3) is 0 Å². The zero-order valence-electron chi connectivity index (χ0n) is 13.9. The van der Waals surface area contributed by atoms with Crippen molar-refractivity contribution >= 4 is 11.6 Å². The molecule has 3 rings (SSSR count). The molecule has 1 fully saturated rings. The van der Waals surface area contributed by atoms with Gasteiger partial charge in [-0.2, -0.15) is 0 Å². The maximum atomic E-state index is 12.1. The van der Waals surface area contributed by atoms with Crippen LogP contribution in [0.5, 0.6) is 0 Å². The van der Waals surface area contributed by atoms with Gasteiger partial charge in [0, 0.05) is 37.7 Å². The Hall–Kier alpha value is -2.17. The molecule has 0 unspecified atom stereocenters. The maximum absolute atomic E-state index is 12.1. The summed E-state index contributed by atoms with van der Waals surface area (Å²) in [5, 5.41) is 2.94. The number of nitrogens with zero attached hydrogens (tertiary/aromatic N) is 1. The number of likely N-dealkylation sites (tertiary alicyclic amines) is 1. The second-order valence-corrected chi connectivity index (χ2v) is 6.44. The van der Waals surface area contributed by atoms with Crippen molar-refractivity contribution in [3.05, 3.63) is 66.2 Å². The zero-order chi connectivity index (χ0) is 16.8. The van der Waals surface area contributed by atoms with Gasteiger partial charge in [0.25, 0.3) is 0 Å². The second kappa shape index (κ2) is 8.08. The van der Waals surface area contributed by atoms with E-state index >= 15 is 0 Å². The van der Waals surface area contributed by atoms with Crippen LogP contribution in [-0.4, -0.2) is 37.0 Å². The van der Waals surface area contributed by atoms with E-state index in [2.05, 4.69) is 34.5 Å². The van der Waals surface area contributed by atoms with Crippen LogP contribution in [0.4, 0.5) is 5.69 Å². The lowest BCUT2D eigenvalue weighted by atomic mass is 9.89. The third-order valence-corrected chi connectivity index (χ3v) is 4.76. The van der Waals surface area contributed by atoms with Crippen molar-refractivity contribution in [1.82, 2.24) is 4.90 Å². The third-order valence-electron chi connectivity index (χ3n) is 4.76. The Balaban J connectivity index is 1.52. The summed E-state index contributed by atoms with van der Waals surface area (Å²) in [6, 6.07) is 20.2. The SMILES string of the molecule is NC[C@@H]1CN(CCC(=O)Nc2ccccc2)C[C@H]1c1ccccc1. The first kappa shape index (κ1) is 16.7. The van der Waals surface area contributed by atoms with Crippen LogP contribution < -0.4 is 11.1 Å². The number of carbonyl (C=O) groups excluding carboxylic acids is 1. The molecule has 126 valence electrons. The zero-order valence-corrected chi connectivity index (χ0v) is 13.9. The first-order valence-corrected chi connectivity index (χ1v) is 8.58. The van der Waals surface area contributed by atoms with Gasteiger partial charge in [-0.15, -0.1) is 0 Å². The molecule has 3 N–H and O–H groups in total. The van der Waals surface area contributed by atoms with Gasteiger partial charge in [0.15, 0.2) is 0 Å². The molecule has 1 heterocycles. The van der Waals surface area contributed by atoms with E-state index in [1.54, 1.807) is 0 Å². The molecule has 0 bridgehead atoms. The Morgan fingerprint density at radius 3 is 2.38 bits per heavy atom. The summed E-state index contributed by atoms with van der Waals surface area (Å²) in [4.78, 5) is 14.5. The van der Waals surface area contributed by atoms with Crippen LogP contribution >= 0.6 is 0 Å². The number of rotatable bonds is 6. The average molecular weight is 323 g/mol. The molecule has 2 atom stereocenters. The van der Waals surface area contributed by atoms with Gasteiger partial charge in [-0.3, -0.25) is 4.79 Å². The van der Waals surface area contributed by atoms with Gasteiger partial charge in [0.05, 0.1) is 0 Å². The summed E-state index contributed by atoms with van der Waals surface area (Å²) in [5.41, 5.74) is 8.18. The number of para-hydroxylation sites is 1. The number of amides is 1. The van der Waals surface area contributed by atoms with Crippen molar-refractivity contribution in [3.63, 3.8) is 0 Å². The van der Waals surface area contributed by atoms with Crippen LogP contribution in [0.2, 0.25) is 0 Å². The van der Waals surface area contributed by atoms with Crippen LogP contribution in [-0.2, 0) is 4.79 Å². The largest absolute Gasteiger partial charge is 0.330 e. The predicted octanol–water partition coefficient (Wildman–Crippen LogP) is 2.69. The fourth-order valence-electron chi connectivity index (χ4n) is 3.46. The van der Waals surface area contributed by atoms with E-state index in [1.165, 1.54) is 5.56 Å². The molecule has 1 saturated heterocycles. The van der Waals surface area contributed by atoms with E-state index in [1.807, 2.05) is 36.4 Å². The Labute approximate surface area is 143 Å². The number of benzene rings is 2. The minimum atomic E-state index is 0.0636. The smallest absolute Gasteiger partial charge is 0.225 e. The molecule has 0 aromatic heterocycles. The van der Waals surface area contributed by atoms with Crippen LogP contribution in [0.15, 0.2) is 60.7 Å². The fourth-order valence-corrected chi connectivity index (χ4v) is 3.46. The first-order chi connectivity index (χ1) is 11.8. The van der Waals surface area contributed by atoms with Gasteiger partial charge >= 0.3 is 0 Å². The van der Waals surface area contributed by atoms with Crippen molar-refractivity contribution in [1.29, 1.82) is 0 Å². The summed E-state index contributed by atoms with van der Waals surface area (Å²) in [7, 11) is 0. The Kier molecular flexibility index (Phi) is 5.62. The Morgan fingerprint density at radius 2 is 1.71 bits per heavy atom. The summed E-state index contributed by atoms with van der Waals surface area (Å²) < 4.78 is 0. The van der Waals surface area contributed by atoms with E-state index in [9.17, 15) is 4.79 Å². The van der Waals surface area contributed by atoms with Crippen molar-refractivity contribution in [2.24, 2.45) is 11.7 Å². The lowest BCUT2D eigenvalue weighted by Gasteiger charge is -2.16. The second-order valence-electron chi connectivity index (χ2n) is 6.44. The highest BCUT2D eigenvalue weighted by Gasteiger charge is 2.32. The standard InChI is InChI=1S/C20H25N3O/c21-13-17-14-23(15-19(17)16-7-3-1-4-8-16)12-11-20(24)22-18-9-5-2-6-10-18/h1-10,17,19H,11-15,21H2,(H,22,24)/t17-,19+/m1/s1. The first-order valence-electron chi connectivity index (χ1n) is 8.58. The van der Waals surface area contributed by atoms with Crippen LogP contribution in [0.1, 0.15) is 17.9 Å². The van der Waals surface area contributed by atoms with E-state index in [0.29, 0.717) is 24.8 Å². The molecule has 0 radical (unpaired) electrons. The van der Waals surface area contributed by atoms with E-state index in [4.69, 9.17) is 5.73 Å². The molecular weight excluding hydrogens is 298 g/mol. The number of carbonyl (C=O) groups is 1. The number of anilines is 1. The predicted molar refractivity (Wildman–Crippen MR) is 97.9 cm³/mol. The van der Waals surface area contributed by atoms with Gasteiger partial charge in [0.2, 0.25) is 5.91 Å². The number of nitrogens with one attached hydrogen (secondary N) is 1. The molecule has 4 nitrogen and oxygen atoms in total. The fraction of sp³-hybridized carbons (Fsp3) is 0.350. The average Bonchev–Trinajstić information content (AvgIpc) is 3.05. The normalized spacial score (nSPS) is 20.9. The van der Waals surface area contributed by atoms with E-state index in [-0.39, 0.29) is 5.91 Å². The lowest BCUT2D eigenvalue weighted by molar-refractivity contribution is -0.116. The molecule has 4 heteroatoms. The van der Waals surface area contributed by atoms with Gasteiger partial charge < -0.3 is 16.0 Å². The molecule has 0 saturated carbocycles. The van der Waals surface area contributed by atoms with E-state index < -0.39 is 0 Å². The van der Waals surface area contributed by atoms with Gasteiger partial charge in [-0.05, 0) is 30.2 Å². The molecule has 1 aliphatic rings. The summed E-state index contributed by atoms with van der Waals surface area (Å²) >= 11 is 0. The van der Waals surface area contributed by atoms with Gasteiger partial charge in [-0.1, -0.05) is 48.5 Å². The number of nitrogens with two attached hydrogens (primary N) is 1. The minimum absolute atomic E-state index is 0.0636. The summed E-state index contributed by atoms with van der Waals surface area (Å²) in [6.45, 7) is 3.41. The highest BCUT2D eigenvalue weighted by molar-refractivity contribution is 5.90. The van der Waals surface area contributed by atoms with Crippen molar-refractivity contribution in [3.8, 4) is 0 Å². The minimum Gasteiger partial charge on any atom is -0.330 e. The van der Waals surface area contributed by atoms with Crippen LogP contribution in [0, 0.1) is 5.92 Å². The maximum Gasteiger partial charge on any atom is 0.225 e. The number of hydrogen-bond acceptors (Lipinski definition) is 3. The highest BCUT2D eigenvalue weighted by Crippen LogP contribution is 2.31. The van der Waals surface area contributed by atoms with Gasteiger partial charge in [-0.25, -0.2) is 0 Å². The monoisotopic (exact) mass is 323 g/mol. The molecule has 0 spiro atoms. The third kappa shape index (κ3) is 4.22. The Bertz CT molecular complexity index is 644. The molecule has 2 aromatic carbocycles. The topological polar surface area (TPSA) is 58.4 Å².